The van der Waals surface area contributed by atoms with Gasteiger partial charge >= 0.3 is 0 Å². The number of amides is 1. The van der Waals surface area contributed by atoms with Crippen molar-refractivity contribution < 1.29 is 4.79 Å². The molecule has 2 aromatic carbocycles. The molecule has 1 heterocycles. The highest BCUT2D eigenvalue weighted by Gasteiger charge is 2.21. The Morgan fingerprint density at radius 3 is 2.67 bits per heavy atom. The van der Waals surface area contributed by atoms with Gasteiger partial charge in [-0.1, -0.05) is 42.5 Å². The number of aromatic nitrogens is 4. The van der Waals surface area contributed by atoms with Crippen LogP contribution in [0.15, 0.2) is 48.5 Å². The molecule has 0 fully saturated rings. The Kier molecular flexibility index (Phi) is 4.65. The van der Waals surface area contributed by atoms with Crippen LogP contribution >= 0.6 is 0 Å². The van der Waals surface area contributed by atoms with E-state index in [-0.39, 0.29) is 5.91 Å². The second-order valence-electron chi connectivity index (χ2n) is 5.79. The molecule has 0 unspecified atom stereocenters. The fourth-order valence-electron chi connectivity index (χ4n) is 2.53. The van der Waals surface area contributed by atoms with Crippen LogP contribution in [0.3, 0.4) is 0 Å². The Hall–Kier alpha value is -3.02. The first-order chi connectivity index (χ1) is 11.6. The molecule has 0 spiro atoms. The predicted octanol–water partition coefficient (Wildman–Crippen LogP) is 2.41. The third kappa shape index (κ3) is 3.65. The lowest BCUT2D eigenvalue weighted by atomic mass is 9.97. The van der Waals surface area contributed by atoms with Crippen LogP contribution in [0, 0.1) is 13.8 Å². The number of nitrogens with zero attached hydrogens (tertiary/aromatic N) is 4. The van der Waals surface area contributed by atoms with Gasteiger partial charge in [0.25, 0.3) is 0 Å². The molecule has 0 bridgehead atoms. The summed E-state index contributed by atoms with van der Waals surface area (Å²) in [5, 5.41) is 17.8. The Morgan fingerprint density at radius 1 is 1.17 bits per heavy atom. The van der Waals surface area contributed by atoms with Gasteiger partial charge < -0.3 is 10.4 Å². The third-order valence-electron chi connectivity index (χ3n) is 3.90. The van der Waals surface area contributed by atoms with Gasteiger partial charge in [0.2, 0.25) is 5.91 Å². The first kappa shape index (κ1) is 15.9. The van der Waals surface area contributed by atoms with Crippen molar-refractivity contribution in [2.45, 2.75) is 26.2 Å². The standard InChI is InChI=1S/C18H19N5O/c1-12-8-9-13(2)16(10-12)19-18(24)15(17-20-22-23-21-17)11-14-6-4-3-5-7-14/h3-10,15H,11H2,1-2H3,(H2,19,20,21,22,23,24)/p-1/t15-/m1/s1. The first-order valence-electron chi connectivity index (χ1n) is 7.74. The van der Waals surface area contributed by atoms with Crippen LogP contribution in [-0.4, -0.2) is 21.4 Å². The minimum Gasteiger partial charge on any atom is -0.335 e. The number of hydrogen-bond acceptors (Lipinski definition) is 4. The maximum atomic E-state index is 12.8. The number of carbonyl (C=O) groups excluding carboxylic acids is 1. The molecular formula is C18H18N5O-. The largest absolute Gasteiger partial charge is 0.335 e. The summed E-state index contributed by atoms with van der Waals surface area (Å²) in [5.41, 5.74) is 3.92. The van der Waals surface area contributed by atoms with Gasteiger partial charge in [-0.2, -0.15) is 5.21 Å². The Morgan fingerprint density at radius 2 is 1.96 bits per heavy atom. The second kappa shape index (κ2) is 7.04. The van der Waals surface area contributed by atoms with E-state index >= 15 is 0 Å². The zero-order chi connectivity index (χ0) is 16.9. The van der Waals surface area contributed by atoms with Gasteiger partial charge in [0.15, 0.2) is 0 Å². The van der Waals surface area contributed by atoms with Crippen molar-refractivity contribution >= 4 is 11.6 Å². The molecule has 3 rings (SSSR count). The number of anilines is 1. The van der Waals surface area contributed by atoms with E-state index in [4.69, 9.17) is 0 Å². The molecule has 1 atom stereocenters. The van der Waals surface area contributed by atoms with E-state index in [2.05, 4.69) is 25.9 Å². The molecule has 122 valence electrons. The van der Waals surface area contributed by atoms with Gasteiger partial charge in [-0.05, 0) is 43.0 Å². The van der Waals surface area contributed by atoms with Crippen LogP contribution in [0.4, 0.5) is 5.69 Å². The number of hydrogen-bond donors (Lipinski definition) is 1. The maximum absolute atomic E-state index is 12.8. The van der Waals surface area contributed by atoms with E-state index in [9.17, 15) is 4.79 Å². The van der Waals surface area contributed by atoms with Crippen molar-refractivity contribution in [1.82, 2.24) is 20.6 Å². The van der Waals surface area contributed by atoms with E-state index in [1.165, 1.54) is 0 Å². The fourth-order valence-corrected chi connectivity index (χ4v) is 2.53. The van der Waals surface area contributed by atoms with Crippen LogP contribution in [0.25, 0.3) is 0 Å². The van der Waals surface area contributed by atoms with E-state index < -0.39 is 5.92 Å². The van der Waals surface area contributed by atoms with Crippen molar-refractivity contribution in [2.24, 2.45) is 0 Å². The monoisotopic (exact) mass is 320 g/mol. The zero-order valence-electron chi connectivity index (χ0n) is 13.6. The maximum Gasteiger partial charge on any atom is 0.232 e. The van der Waals surface area contributed by atoms with E-state index in [0.29, 0.717) is 12.2 Å². The number of aryl methyl sites for hydroxylation is 2. The lowest BCUT2D eigenvalue weighted by molar-refractivity contribution is -0.117. The Bertz CT molecular complexity index is 815. The summed E-state index contributed by atoms with van der Waals surface area (Å²) >= 11 is 0. The average molecular weight is 320 g/mol. The summed E-state index contributed by atoms with van der Waals surface area (Å²) in [6.07, 6.45) is 0.491. The molecule has 0 radical (unpaired) electrons. The quantitative estimate of drug-likeness (QED) is 0.780. The van der Waals surface area contributed by atoms with Gasteiger partial charge in [-0.25, -0.2) is 0 Å². The first-order valence-corrected chi connectivity index (χ1v) is 7.74. The van der Waals surface area contributed by atoms with Crippen LogP contribution in [-0.2, 0) is 11.2 Å². The van der Waals surface area contributed by atoms with Crippen molar-refractivity contribution in [2.75, 3.05) is 5.32 Å². The van der Waals surface area contributed by atoms with Crippen molar-refractivity contribution in [1.29, 1.82) is 0 Å². The van der Waals surface area contributed by atoms with Crippen LogP contribution in [0.1, 0.15) is 28.4 Å². The molecule has 0 aliphatic carbocycles. The highest BCUT2D eigenvalue weighted by Crippen LogP contribution is 2.22. The molecule has 0 aliphatic heterocycles. The number of benzene rings is 2. The van der Waals surface area contributed by atoms with Gasteiger partial charge in [-0.3, -0.25) is 15.1 Å². The molecule has 6 heteroatoms. The molecule has 0 saturated heterocycles. The summed E-state index contributed by atoms with van der Waals surface area (Å²) < 4.78 is 0. The van der Waals surface area contributed by atoms with E-state index in [0.717, 1.165) is 22.4 Å². The predicted molar refractivity (Wildman–Crippen MR) is 90.6 cm³/mol. The molecule has 0 aliphatic rings. The minimum atomic E-state index is -0.540. The summed E-state index contributed by atoms with van der Waals surface area (Å²) in [6.45, 7) is 3.95. The molecule has 1 aromatic heterocycles. The third-order valence-corrected chi connectivity index (χ3v) is 3.90. The number of carbonyl (C=O) groups is 1. The van der Waals surface area contributed by atoms with Crippen molar-refractivity contribution in [3.63, 3.8) is 0 Å². The molecule has 6 nitrogen and oxygen atoms in total. The van der Waals surface area contributed by atoms with Gasteiger partial charge in [0, 0.05) is 11.5 Å². The molecule has 0 saturated carbocycles. The summed E-state index contributed by atoms with van der Waals surface area (Å²) in [5.74, 6) is -0.369. The summed E-state index contributed by atoms with van der Waals surface area (Å²) in [6, 6.07) is 15.7. The average Bonchev–Trinajstić information content (AvgIpc) is 3.11. The summed E-state index contributed by atoms with van der Waals surface area (Å²) in [7, 11) is 0. The Balaban J connectivity index is 1.85. The van der Waals surface area contributed by atoms with Crippen molar-refractivity contribution in [3.8, 4) is 0 Å². The van der Waals surface area contributed by atoms with Crippen LogP contribution in [0.5, 0.6) is 0 Å². The van der Waals surface area contributed by atoms with Gasteiger partial charge in [-0.15, -0.1) is 0 Å². The number of tetrazole rings is 1. The SMILES string of the molecule is Cc1ccc(C)c(NC(=O)[C@H](Cc2ccccc2)c2nnn[n-]2)c1. The molecule has 1 N–H and O–H groups in total. The molecule has 24 heavy (non-hydrogen) atoms. The topological polar surface area (TPSA) is 81.9 Å². The van der Waals surface area contributed by atoms with Gasteiger partial charge in [0.05, 0.1) is 5.92 Å². The smallest absolute Gasteiger partial charge is 0.232 e. The molecule has 3 aromatic rings. The molecular weight excluding hydrogens is 302 g/mol. The van der Waals surface area contributed by atoms with E-state index in [1.54, 1.807) is 0 Å². The van der Waals surface area contributed by atoms with Gasteiger partial charge in [0.1, 0.15) is 0 Å². The van der Waals surface area contributed by atoms with Crippen LogP contribution < -0.4 is 10.4 Å². The second-order valence-corrected chi connectivity index (χ2v) is 5.79. The minimum absolute atomic E-state index is 0.164. The normalized spacial score (nSPS) is 11.9. The highest BCUT2D eigenvalue weighted by molar-refractivity contribution is 5.96. The number of rotatable bonds is 5. The molecule has 1 amide bonds. The zero-order valence-corrected chi connectivity index (χ0v) is 13.6. The lowest BCUT2D eigenvalue weighted by Gasteiger charge is -2.18. The van der Waals surface area contributed by atoms with Crippen LogP contribution in [0.2, 0.25) is 0 Å². The van der Waals surface area contributed by atoms with Crippen molar-refractivity contribution in [3.05, 3.63) is 71.0 Å². The summed E-state index contributed by atoms with van der Waals surface area (Å²) in [4.78, 5) is 12.8. The highest BCUT2D eigenvalue weighted by atomic mass is 16.1. The fraction of sp³-hybridized carbons (Fsp3) is 0.222. The number of nitrogens with one attached hydrogen (secondary N) is 1. The lowest BCUT2D eigenvalue weighted by Crippen LogP contribution is -2.25. The van der Waals surface area contributed by atoms with E-state index in [1.807, 2.05) is 62.4 Å². The Labute approximate surface area is 140 Å².